The molecule has 40 heavy (non-hydrogen) atoms. The van der Waals surface area contributed by atoms with Crippen LogP contribution in [0.2, 0.25) is 0 Å². The molecule has 1 atom stereocenters. The number of allylic oxidation sites excluding steroid dienone is 1. The Morgan fingerprint density at radius 1 is 1.18 bits per heavy atom. The van der Waals surface area contributed by atoms with E-state index in [1.165, 1.54) is 11.3 Å². The van der Waals surface area contributed by atoms with Gasteiger partial charge in [-0.1, -0.05) is 53.7 Å². The number of terminal acetylenes is 1. The minimum Gasteiger partial charge on any atom is -0.497 e. The maximum Gasteiger partial charge on any atom is 0.271 e. The van der Waals surface area contributed by atoms with Gasteiger partial charge in [-0.25, -0.2) is 4.99 Å². The van der Waals surface area contributed by atoms with Gasteiger partial charge in [0.25, 0.3) is 11.5 Å². The van der Waals surface area contributed by atoms with E-state index in [0.29, 0.717) is 42.3 Å². The lowest BCUT2D eigenvalue weighted by Gasteiger charge is -2.25. The quantitative estimate of drug-likeness (QED) is 0.308. The zero-order valence-electron chi connectivity index (χ0n) is 21.7. The maximum absolute atomic E-state index is 13.9. The Morgan fingerprint density at radius 2 is 1.98 bits per heavy atom. The van der Waals surface area contributed by atoms with E-state index in [1.807, 2.05) is 66.7 Å². The molecule has 1 aromatic heterocycles. The summed E-state index contributed by atoms with van der Waals surface area (Å²) in [5.41, 5.74) is 2.84. The second kappa shape index (κ2) is 11.8. The van der Waals surface area contributed by atoms with Crippen molar-refractivity contribution in [2.45, 2.75) is 13.0 Å². The number of amides is 1. The molecule has 0 radical (unpaired) electrons. The third kappa shape index (κ3) is 5.50. The Balaban J connectivity index is 1.63. The standard InChI is InChI=1S/C31H24BrN3O4S/c1-4-15-39-25-14-13-20(16-24(25)32)17-26-30(37)35-28(21-9-8-12-23(18-21)38-3)27(19(2)33-31(35)40-26)29(36)34-22-10-6-5-7-11-22/h1,5-14,16-18,28H,15H2,2-3H3,(H,34,36)/b26-17-/t28-/m0/s1. The predicted molar refractivity (Wildman–Crippen MR) is 160 cm³/mol. The molecule has 0 unspecified atom stereocenters. The molecule has 2 heterocycles. The summed E-state index contributed by atoms with van der Waals surface area (Å²) in [7, 11) is 1.58. The number of aromatic nitrogens is 1. The number of hydrogen-bond donors (Lipinski definition) is 1. The van der Waals surface area contributed by atoms with Crippen molar-refractivity contribution in [3.05, 3.63) is 119 Å². The van der Waals surface area contributed by atoms with Gasteiger partial charge in [0.15, 0.2) is 4.80 Å². The molecule has 0 bridgehead atoms. The summed E-state index contributed by atoms with van der Waals surface area (Å²) >= 11 is 4.77. The lowest BCUT2D eigenvalue weighted by Crippen LogP contribution is -2.40. The number of halogens is 1. The van der Waals surface area contributed by atoms with Gasteiger partial charge in [0, 0.05) is 5.69 Å². The van der Waals surface area contributed by atoms with E-state index < -0.39 is 6.04 Å². The summed E-state index contributed by atoms with van der Waals surface area (Å²) in [5.74, 6) is 3.34. The normalized spacial score (nSPS) is 14.7. The Hall–Kier alpha value is -4.39. The van der Waals surface area contributed by atoms with E-state index in [0.717, 1.165) is 11.1 Å². The number of anilines is 1. The fourth-order valence-electron chi connectivity index (χ4n) is 4.45. The van der Waals surface area contributed by atoms with Gasteiger partial charge in [0.1, 0.15) is 18.1 Å². The van der Waals surface area contributed by atoms with E-state index in [4.69, 9.17) is 20.9 Å². The van der Waals surface area contributed by atoms with Crippen LogP contribution in [0.1, 0.15) is 24.1 Å². The maximum atomic E-state index is 13.9. The zero-order chi connectivity index (χ0) is 28.2. The number of fused-ring (bicyclic) bond motifs is 1. The van der Waals surface area contributed by atoms with Crippen molar-refractivity contribution in [2.24, 2.45) is 4.99 Å². The number of thiazole rings is 1. The van der Waals surface area contributed by atoms with Crippen molar-refractivity contribution in [2.75, 3.05) is 19.0 Å². The Bertz CT molecular complexity index is 1850. The number of methoxy groups -OCH3 is 1. The van der Waals surface area contributed by atoms with Crippen LogP contribution in [-0.2, 0) is 4.79 Å². The molecule has 0 saturated carbocycles. The van der Waals surface area contributed by atoms with E-state index in [9.17, 15) is 9.59 Å². The summed E-state index contributed by atoms with van der Waals surface area (Å²) in [6.45, 7) is 1.94. The predicted octanol–water partition coefficient (Wildman–Crippen LogP) is 4.66. The van der Waals surface area contributed by atoms with Gasteiger partial charge >= 0.3 is 0 Å². The number of hydrogen-bond acceptors (Lipinski definition) is 6. The highest BCUT2D eigenvalue weighted by molar-refractivity contribution is 9.10. The minimum atomic E-state index is -0.705. The first-order valence-corrected chi connectivity index (χ1v) is 13.9. The third-order valence-electron chi connectivity index (χ3n) is 6.27. The van der Waals surface area contributed by atoms with Crippen molar-refractivity contribution in [1.29, 1.82) is 0 Å². The monoisotopic (exact) mass is 613 g/mol. The van der Waals surface area contributed by atoms with Gasteiger partial charge in [-0.2, -0.15) is 0 Å². The molecule has 5 rings (SSSR count). The number of ether oxygens (including phenoxy) is 2. The molecule has 0 saturated heterocycles. The number of nitrogens with one attached hydrogen (secondary N) is 1. The molecule has 1 amide bonds. The molecule has 4 aromatic rings. The van der Waals surface area contributed by atoms with Crippen molar-refractivity contribution >= 4 is 44.9 Å². The van der Waals surface area contributed by atoms with Crippen LogP contribution in [-0.4, -0.2) is 24.2 Å². The van der Waals surface area contributed by atoms with Crippen LogP contribution in [0.5, 0.6) is 11.5 Å². The number of rotatable bonds is 7. The van der Waals surface area contributed by atoms with Gasteiger partial charge in [-0.05, 0) is 76.5 Å². The smallest absolute Gasteiger partial charge is 0.271 e. The Kier molecular flexibility index (Phi) is 8.01. The molecule has 0 aliphatic carbocycles. The molecular formula is C31H24BrN3O4S. The molecule has 1 aliphatic heterocycles. The first kappa shape index (κ1) is 27.2. The lowest BCUT2D eigenvalue weighted by atomic mass is 9.95. The number of carbonyl (C=O) groups is 1. The summed E-state index contributed by atoms with van der Waals surface area (Å²) in [4.78, 5) is 32.8. The fraction of sp³-hybridized carbons (Fsp3) is 0.129. The SMILES string of the molecule is C#CCOc1ccc(/C=c2\sc3n(c2=O)[C@@H](c2cccc(OC)c2)C(C(=O)Nc2ccccc2)=C(C)N=3)cc1Br. The molecular weight excluding hydrogens is 590 g/mol. The van der Waals surface area contributed by atoms with Crippen molar-refractivity contribution < 1.29 is 14.3 Å². The Labute approximate surface area is 243 Å². The van der Waals surface area contributed by atoms with Crippen molar-refractivity contribution in [3.63, 3.8) is 0 Å². The third-order valence-corrected chi connectivity index (χ3v) is 7.87. The summed E-state index contributed by atoms with van der Waals surface area (Å²) in [5, 5.41) is 2.96. The fourth-order valence-corrected chi connectivity index (χ4v) is 6.01. The molecule has 1 N–H and O–H groups in total. The first-order valence-electron chi connectivity index (χ1n) is 12.3. The lowest BCUT2D eigenvalue weighted by molar-refractivity contribution is -0.113. The van der Waals surface area contributed by atoms with Crippen LogP contribution >= 0.6 is 27.3 Å². The van der Waals surface area contributed by atoms with E-state index in [2.05, 4.69) is 27.2 Å². The highest BCUT2D eigenvalue weighted by Crippen LogP contribution is 2.32. The number of benzene rings is 3. The average molecular weight is 615 g/mol. The van der Waals surface area contributed by atoms with Crippen LogP contribution < -0.4 is 29.7 Å². The molecule has 0 fully saturated rings. The number of carbonyl (C=O) groups excluding carboxylic acids is 1. The molecule has 0 spiro atoms. The average Bonchev–Trinajstić information content (AvgIpc) is 3.26. The highest BCUT2D eigenvalue weighted by Gasteiger charge is 2.32. The van der Waals surface area contributed by atoms with Crippen LogP contribution in [0.4, 0.5) is 5.69 Å². The summed E-state index contributed by atoms with van der Waals surface area (Å²) in [6, 6.07) is 21.3. The molecule has 9 heteroatoms. The second-order valence-corrected chi connectivity index (χ2v) is 10.7. The van der Waals surface area contributed by atoms with Crippen LogP contribution in [0.3, 0.4) is 0 Å². The number of para-hydroxylation sites is 1. The van der Waals surface area contributed by atoms with Gasteiger partial charge in [0.2, 0.25) is 0 Å². The van der Waals surface area contributed by atoms with Crippen molar-refractivity contribution in [1.82, 2.24) is 4.57 Å². The molecule has 7 nitrogen and oxygen atoms in total. The van der Waals surface area contributed by atoms with Crippen LogP contribution in [0, 0.1) is 12.3 Å². The van der Waals surface area contributed by atoms with E-state index >= 15 is 0 Å². The highest BCUT2D eigenvalue weighted by atomic mass is 79.9. The Morgan fingerprint density at radius 3 is 2.70 bits per heavy atom. The zero-order valence-corrected chi connectivity index (χ0v) is 24.1. The summed E-state index contributed by atoms with van der Waals surface area (Å²) < 4.78 is 13.8. The first-order chi connectivity index (χ1) is 19.4. The second-order valence-electron chi connectivity index (χ2n) is 8.86. The van der Waals surface area contributed by atoms with Crippen LogP contribution in [0.15, 0.2) is 98.3 Å². The summed E-state index contributed by atoms with van der Waals surface area (Å²) in [6.07, 6.45) is 7.09. The number of nitrogens with zero attached hydrogens (tertiary/aromatic N) is 2. The van der Waals surface area contributed by atoms with E-state index in [-0.39, 0.29) is 18.1 Å². The van der Waals surface area contributed by atoms with Crippen molar-refractivity contribution in [3.8, 4) is 23.8 Å². The topological polar surface area (TPSA) is 81.9 Å². The van der Waals surface area contributed by atoms with Gasteiger partial charge in [0.05, 0.1) is 33.4 Å². The van der Waals surface area contributed by atoms with E-state index in [1.54, 1.807) is 30.7 Å². The molecule has 3 aromatic carbocycles. The van der Waals surface area contributed by atoms with Gasteiger partial charge in [-0.3, -0.25) is 14.2 Å². The minimum absolute atomic E-state index is 0.153. The van der Waals surface area contributed by atoms with Gasteiger partial charge in [-0.15, -0.1) is 6.42 Å². The van der Waals surface area contributed by atoms with Gasteiger partial charge < -0.3 is 14.8 Å². The molecule has 1 aliphatic rings. The largest absolute Gasteiger partial charge is 0.497 e. The van der Waals surface area contributed by atoms with Crippen LogP contribution in [0.25, 0.3) is 6.08 Å². The molecule has 200 valence electrons.